The van der Waals surface area contributed by atoms with Gasteiger partial charge in [0, 0.05) is 13.0 Å². The van der Waals surface area contributed by atoms with Crippen LogP contribution in [0.15, 0.2) is 24.3 Å². The zero-order chi connectivity index (χ0) is 15.8. The maximum Gasteiger partial charge on any atom is 0.312 e. The summed E-state index contributed by atoms with van der Waals surface area (Å²) in [5.41, 5.74) is -1.48. The fourth-order valence-electron chi connectivity index (χ4n) is 2.08. The number of amides is 1. The SMILES string of the molecule is CC1(C(=O)NCC(C(=O)O)c2ccc(F)cc2)CC1(F)F. The molecule has 1 aromatic carbocycles. The van der Waals surface area contributed by atoms with E-state index in [1.54, 1.807) is 0 Å². The highest BCUT2D eigenvalue weighted by Crippen LogP contribution is 2.60. The number of carboxylic acids is 1. The molecule has 0 bridgehead atoms. The third-order valence-corrected chi connectivity index (χ3v) is 3.80. The molecule has 1 amide bonds. The number of hydrogen-bond acceptors (Lipinski definition) is 2. The molecule has 0 radical (unpaired) electrons. The lowest BCUT2D eigenvalue weighted by Crippen LogP contribution is -2.37. The smallest absolute Gasteiger partial charge is 0.312 e. The van der Waals surface area contributed by atoms with Crippen molar-refractivity contribution in [3.8, 4) is 0 Å². The zero-order valence-corrected chi connectivity index (χ0v) is 11.2. The quantitative estimate of drug-likeness (QED) is 0.876. The highest BCUT2D eigenvalue weighted by atomic mass is 19.3. The number of alkyl halides is 2. The first-order valence-corrected chi connectivity index (χ1v) is 6.32. The molecule has 2 rings (SSSR count). The summed E-state index contributed by atoms with van der Waals surface area (Å²) in [6.45, 7) is 0.807. The maximum absolute atomic E-state index is 13.1. The van der Waals surface area contributed by atoms with Gasteiger partial charge in [-0.15, -0.1) is 0 Å². The standard InChI is InChI=1S/C14H14F3NO3/c1-13(7-14(13,16)17)12(21)18-6-10(11(19)20)8-2-4-9(15)5-3-8/h2-5,10H,6-7H2,1H3,(H,18,21)(H,19,20). The van der Waals surface area contributed by atoms with Gasteiger partial charge in [-0.3, -0.25) is 9.59 Å². The predicted octanol–water partition coefficient (Wildman–Crippen LogP) is 2.16. The number of carbonyl (C=O) groups excluding carboxylic acids is 1. The van der Waals surface area contributed by atoms with Crippen molar-refractivity contribution >= 4 is 11.9 Å². The number of carbonyl (C=O) groups is 2. The molecule has 2 N–H and O–H groups in total. The highest BCUT2D eigenvalue weighted by Gasteiger charge is 2.72. The van der Waals surface area contributed by atoms with Crippen molar-refractivity contribution in [2.24, 2.45) is 5.41 Å². The summed E-state index contributed by atoms with van der Waals surface area (Å²) in [6, 6.07) is 4.77. The molecule has 1 aliphatic carbocycles. The number of rotatable bonds is 5. The van der Waals surface area contributed by atoms with Crippen LogP contribution in [0.25, 0.3) is 0 Å². The first kappa shape index (κ1) is 15.3. The van der Waals surface area contributed by atoms with Crippen LogP contribution >= 0.6 is 0 Å². The van der Waals surface area contributed by atoms with Crippen molar-refractivity contribution in [2.45, 2.75) is 25.2 Å². The van der Waals surface area contributed by atoms with Crippen LogP contribution in [0.4, 0.5) is 13.2 Å². The molecule has 21 heavy (non-hydrogen) atoms. The number of nitrogens with one attached hydrogen (secondary N) is 1. The first-order valence-electron chi connectivity index (χ1n) is 6.32. The Hall–Kier alpha value is -2.05. The minimum absolute atomic E-state index is 0.289. The molecule has 114 valence electrons. The van der Waals surface area contributed by atoms with E-state index in [0.717, 1.165) is 19.1 Å². The second-order valence-electron chi connectivity index (χ2n) is 5.37. The van der Waals surface area contributed by atoms with Gasteiger partial charge in [-0.1, -0.05) is 12.1 Å². The summed E-state index contributed by atoms with van der Waals surface area (Å²) >= 11 is 0. The molecule has 1 saturated carbocycles. The Kier molecular flexibility index (Phi) is 3.69. The van der Waals surface area contributed by atoms with Crippen LogP contribution in [0.1, 0.15) is 24.8 Å². The highest BCUT2D eigenvalue weighted by molar-refractivity contribution is 5.87. The van der Waals surface area contributed by atoms with Gasteiger partial charge >= 0.3 is 5.97 Å². The molecule has 2 atom stereocenters. The van der Waals surface area contributed by atoms with Gasteiger partial charge in [-0.05, 0) is 24.6 Å². The van der Waals surface area contributed by atoms with Crippen LogP contribution in [-0.4, -0.2) is 29.5 Å². The number of halogens is 3. The summed E-state index contributed by atoms with van der Waals surface area (Å²) in [6.07, 6.45) is -0.542. The zero-order valence-electron chi connectivity index (χ0n) is 11.2. The fourth-order valence-corrected chi connectivity index (χ4v) is 2.08. The third kappa shape index (κ3) is 2.86. The average Bonchev–Trinajstić information content (AvgIpc) is 2.91. The van der Waals surface area contributed by atoms with Gasteiger partial charge in [0.25, 0.3) is 5.92 Å². The Morgan fingerprint density at radius 1 is 1.33 bits per heavy atom. The van der Waals surface area contributed by atoms with Crippen molar-refractivity contribution in [1.29, 1.82) is 0 Å². The van der Waals surface area contributed by atoms with Crippen LogP contribution in [0.3, 0.4) is 0 Å². The van der Waals surface area contributed by atoms with Gasteiger partial charge in [-0.2, -0.15) is 0 Å². The van der Waals surface area contributed by atoms with Gasteiger partial charge in [0.2, 0.25) is 5.91 Å². The molecule has 0 heterocycles. The van der Waals surface area contributed by atoms with Crippen LogP contribution < -0.4 is 5.32 Å². The Labute approximate surface area is 119 Å². The predicted molar refractivity (Wildman–Crippen MR) is 67.5 cm³/mol. The van der Waals surface area contributed by atoms with Crippen molar-refractivity contribution in [3.63, 3.8) is 0 Å². The Bertz CT molecular complexity index is 573. The van der Waals surface area contributed by atoms with E-state index < -0.39 is 41.4 Å². The van der Waals surface area contributed by atoms with Crippen LogP contribution in [0.2, 0.25) is 0 Å². The molecular formula is C14H14F3NO3. The fraction of sp³-hybridized carbons (Fsp3) is 0.429. The monoisotopic (exact) mass is 301 g/mol. The van der Waals surface area contributed by atoms with Crippen molar-refractivity contribution in [2.75, 3.05) is 6.54 Å². The van der Waals surface area contributed by atoms with Crippen LogP contribution in [-0.2, 0) is 9.59 Å². The molecule has 1 aliphatic rings. The number of carboxylic acid groups (broad SMARTS) is 1. The first-order chi connectivity index (χ1) is 9.67. The molecule has 0 aliphatic heterocycles. The topological polar surface area (TPSA) is 66.4 Å². The van der Waals surface area contributed by atoms with Crippen molar-refractivity contribution < 1.29 is 27.9 Å². The largest absolute Gasteiger partial charge is 0.481 e. The molecule has 2 unspecified atom stereocenters. The minimum atomic E-state index is -3.05. The molecule has 7 heteroatoms. The molecule has 1 fully saturated rings. The van der Waals surface area contributed by atoms with E-state index in [1.807, 2.05) is 0 Å². The molecule has 4 nitrogen and oxygen atoms in total. The summed E-state index contributed by atoms with van der Waals surface area (Å²) in [7, 11) is 0. The number of hydrogen-bond donors (Lipinski definition) is 2. The summed E-state index contributed by atoms with van der Waals surface area (Å²) in [5, 5.41) is 11.4. The number of aliphatic carboxylic acids is 1. The summed E-state index contributed by atoms with van der Waals surface area (Å²) in [5.74, 6) is -6.79. The van der Waals surface area contributed by atoms with Crippen LogP contribution in [0.5, 0.6) is 0 Å². The van der Waals surface area contributed by atoms with E-state index in [4.69, 9.17) is 5.11 Å². The van der Waals surface area contributed by atoms with Gasteiger partial charge in [-0.25, -0.2) is 13.2 Å². The van der Waals surface area contributed by atoms with Gasteiger partial charge in [0.1, 0.15) is 11.2 Å². The summed E-state index contributed by atoms with van der Waals surface area (Å²) in [4.78, 5) is 22.9. The normalized spacial score (nSPS) is 24.2. The summed E-state index contributed by atoms with van der Waals surface area (Å²) < 4.78 is 38.9. The van der Waals surface area contributed by atoms with Gasteiger partial charge in [0.05, 0.1) is 5.92 Å². The molecule has 0 saturated heterocycles. The maximum atomic E-state index is 13.1. The van der Waals surface area contributed by atoms with E-state index in [-0.39, 0.29) is 12.1 Å². The Morgan fingerprint density at radius 3 is 2.29 bits per heavy atom. The molecule has 0 aromatic heterocycles. The Balaban J connectivity index is 2.03. The van der Waals surface area contributed by atoms with E-state index in [2.05, 4.69) is 5.32 Å². The molecule has 1 aromatic rings. The second-order valence-corrected chi connectivity index (χ2v) is 5.37. The van der Waals surface area contributed by atoms with Gasteiger partial charge < -0.3 is 10.4 Å². The third-order valence-electron chi connectivity index (χ3n) is 3.80. The van der Waals surface area contributed by atoms with Crippen molar-refractivity contribution in [1.82, 2.24) is 5.32 Å². The lowest BCUT2D eigenvalue weighted by atomic mass is 9.98. The Morgan fingerprint density at radius 2 is 1.86 bits per heavy atom. The second kappa shape index (κ2) is 5.05. The van der Waals surface area contributed by atoms with E-state index >= 15 is 0 Å². The van der Waals surface area contributed by atoms with Crippen molar-refractivity contribution in [3.05, 3.63) is 35.6 Å². The van der Waals surface area contributed by atoms with E-state index in [9.17, 15) is 22.8 Å². The molecular weight excluding hydrogens is 287 g/mol. The van der Waals surface area contributed by atoms with E-state index in [1.165, 1.54) is 12.1 Å². The van der Waals surface area contributed by atoms with Gasteiger partial charge in [0.15, 0.2) is 0 Å². The molecule has 0 spiro atoms. The lowest BCUT2D eigenvalue weighted by molar-refractivity contribution is -0.139. The minimum Gasteiger partial charge on any atom is -0.481 e. The van der Waals surface area contributed by atoms with E-state index in [0.29, 0.717) is 0 Å². The lowest BCUT2D eigenvalue weighted by Gasteiger charge is -2.16. The number of benzene rings is 1. The van der Waals surface area contributed by atoms with Crippen LogP contribution in [0, 0.1) is 11.2 Å². The average molecular weight is 301 g/mol.